The second kappa shape index (κ2) is 7.30. The molecule has 0 atom stereocenters. The highest BCUT2D eigenvalue weighted by molar-refractivity contribution is 7.89. The Balaban J connectivity index is 1.71. The van der Waals surface area contributed by atoms with Gasteiger partial charge in [0.1, 0.15) is 11.6 Å². The van der Waals surface area contributed by atoms with Crippen molar-refractivity contribution in [3.63, 3.8) is 0 Å². The largest absolute Gasteiger partial charge is 0.497 e. The van der Waals surface area contributed by atoms with Crippen molar-refractivity contribution < 1.29 is 17.9 Å². The first-order valence-electron chi connectivity index (χ1n) is 8.07. The van der Waals surface area contributed by atoms with Crippen LogP contribution in [0.2, 0.25) is 0 Å². The van der Waals surface area contributed by atoms with Crippen molar-refractivity contribution in [3.8, 4) is 5.75 Å². The summed E-state index contributed by atoms with van der Waals surface area (Å²) >= 11 is 0. The fraction of sp³-hybridized carbons (Fsp3) is 0.294. The highest BCUT2D eigenvalue weighted by atomic mass is 32.2. The Bertz CT molecular complexity index is 891. The number of benzene rings is 1. The Morgan fingerprint density at radius 3 is 2.35 bits per heavy atom. The lowest BCUT2D eigenvalue weighted by atomic mass is 10.2. The van der Waals surface area contributed by atoms with E-state index in [0.29, 0.717) is 43.3 Å². The minimum atomic E-state index is -3.56. The predicted octanol–water partition coefficient (Wildman–Crippen LogP) is 0.700. The number of sulfonamides is 1. The van der Waals surface area contributed by atoms with E-state index in [1.54, 1.807) is 36.4 Å². The van der Waals surface area contributed by atoms with E-state index in [1.165, 1.54) is 17.6 Å². The number of piperazine rings is 1. The SMILES string of the molecule is COc1ccc(S(=O)(=O)N2CCN(c3cc(C(N)=O)ccn3)CC2)cc1. The van der Waals surface area contributed by atoms with Gasteiger partial charge in [0.05, 0.1) is 12.0 Å². The van der Waals surface area contributed by atoms with Gasteiger partial charge in [-0.2, -0.15) is 4.31 Å². The molecule has 0 spiro atoms. The summed E-state index contributed by atoms with van der Waals surface area (Å²) in [6.07, 6.45) is 1.52. The number of pyridine rings is 1. The topological polar surface area (TPSA) is 106 Å². The molecule has 0 aliphatic carbocycles. The van der Waals surface area contributed by atoms with Crippen molar-refractivity contribution in [1.82, 2.24) is 9.29 Å². The zero-order valence-corrected chi connectivity index (χ0v) is 15.1. The number of amides is 1. The van der Waals surface area contributed by atoms with Crippen molar-refractivity contribution in [2.45, 2.75) is 4.90 Å². The maximum absolute atomic E-state index is 12.8. The van der Waals surface area contributed by atoms with Gasteiger partial charge in [-0.3, -0.25) is 4.79 Å². The number of aromatic nitrogens is 1. The molecule has 0 unspecified atom stereocenters. The fourth-order valence-corrected chi connectivity index (χ4v) is 4.22. The van der Waals surface area contributed by atoms with Crippen molar-refractivity contribution in [1.29, 1.82) is 0 Å². The van der Waals surface area contributed by atoms with Crippen LogP contribution in [0.4, 0.5) is 5.82 Å². The van der Waals surface area contributed by atoms with Crippen LogP contribution in [-0.4, -0.2) is 56.9 Å². The number of ether oxygens (including phenoxy) is 1. The predicted molar refractivity (Wildman–Crippen MR) is 96.7 cm³/mol. The monoisotopic (exact) mass is 376 g/mol. The van der Waals surface area contributed by atoms with Crippen molar-refractivity contribution in [2.24, 2.45) is 5.73 Å². The molecule has 1 aliphatic rings. The van der Waals surface area contributed by atoms with Gasteiger partial charge in [0.2, 0.25) is 15.9 Å². The summed E-state index contributed by atoms with van der Waals surface area (Å²) in [5, 5.41) is 0. The number of anilines is 1. The summed E-state index contributed by atoms with van der Waals surface area (Å²) in [4.78, 5) is 17.7. The van der Waals surface area contributed by atoms with Crippen LogP contribution in [-0.2, 0) is 10.0 Å². The summed E-state index contributed by atoms with van der Waals surface area (Å²) < 4.78 is 32.0. The summed E-state index contributed by atoms with van der Waals surface area (Å²) in [6.45, 7) is 1.61. The fourth-order valence-electron chi connectivity index (χ4n) is 2.80. The maximum atomic E-state index is 12.8. The molecule has 0 bridgehead atoms. The van der Waals surface area contributed by atoms with E-state index in [9.17, 15) is 13.2 Å². The molecule has 8 nitrogen and oxygen atoms in total. The molecule has 9 heteroatoms. The number of carbonyl (C=O) groups excluding carboxylic acids is 1. The number of nitrogens with zero attached hydrogens (tertiary/aromatic N) is 3. The molecular weight excluding hydrogens is 356 g/mol. The number of methoxy groups -OCH3 is 1. The van der Waals surface area contributed by atoms with E-state index < -0.39 is 15.9 Å². The van der Waals surface area contributed by atoms with Crippen LogP contribution in [0.25, 0.3) is 0 Å². The zero-order valence-electron chi connectivity index (χ0n) is 14.3. The highest BCUT2D eigenvalue weighted by Gasteiger charge is 2.29. The van der Waals surface area contributed by atoms with Crippen LogP contribution < -0.4 is 15.4 Å². The Morgan fingerprint density at radius 1 is 1.12 bits per heavy atom. The normalized spacial score (nSPS) is 15.7. The lowest BCUT2D eigenvalue weighted by molar-refractivity contribution is 0.1000. The molecule has 138 valence electrons. The molecule has 2 heterocycles. The van der Waals surface area contributed by atoms with Crippen LogP contribution in [0.1, 0.15) is 10.4 Å². The van der Waals surface area contributed by atoms with Crippen LogP contribution in [0, 0.1) is 0 Å². The van der Waals surface area contributed by atoms with Crippen molar-refractivity contribution in [3.05, 3.63) is 48.2 Å². The second-order valence-electron chi connectivity index (χ2n) is 5.83. The van der Waals surface area contributed by atoms with E-state index in [1.807, 2.05) is 4.90 Å². The second-order valence-corrected chi connectivity index (χ2v) is 7.77. The van der Waals surface area contributed by atoms with Gasteiger partial charge < -0.3 is 15.4 Å². The maximum Gasteiger partial charge on any atom is 0.248 e. The van der Waals surface area contributed by atoms with E-state index in [0.717, 1.165) is 0 Å². The molecule has 0 radical (unpaired) electrons. The molecule has 1 aliphatic heterocycles. The third-order valence-electron chi connectivity index (χ3n) is 4.29. The summed E-state index contributed by atoms with van der Waals surface area (Å²) in [5.74, 6) is 0.700. The lowest BCUT2D eigenvalue weighted by Crippen LogP contribution is -2.48. The zero-order chi connectivity index (χ0) is 18.7. The van der Waals surface area contributed by atoms with Crippen molar-refractivity contribution in [2.75, 3.05) is 38.2 Å². The molecule has 1 saturated heterocycles. The number of carbonyl (C=O) groups is 1. The Kier molecular flexibility index (Phi) is 5.10. The van der Waals surface area contributed by atoms with Crippen LogP contribution in [0.15, 0.2) is 47.5 Å². The van der Waals surface area contributed by atoms with Gasteiger partial charge in [0, 0.05) is 37.9 Å². The molecule has 1 amide bonds. The first kappa shape index (κ1) is 18.2. The number of hydrogen-bond acceptors (Lipinski definition) is 6. The third-order valence-corrected chi connectivity index (χ3v) is 6.20. The summed E-state index contributed by atoms with van der Waals surface area (Å²) in [7, 11) is -2.03. The first-order chi connectivity index (χ1) is 12.4. The smallest absolute Gasteiger partial charge is 0.248 e. The number of hydrogen-bond donors (Lipinski definition) is 1. The van der Waals surface area contributed by atoms with E-state index >= 15 is 0 Å². The molecule has 1 aromatic heterocycles. The van der Waals surface area contributed by atoms with Crippen LogP contribution >= 0.6 is 0 Å². The Labute approximate surface area is 152 Å². The molecule has 1 aromatic carbocycles. The third kappa shape index (κ3) is 3.63. The van der Waals surface area contributed by atoms with Gasteiger partial charge >= 0.3 is 0 Å². The van der Waals surface area contributed by atoms with Gasteiger partial charge in [-0.15, -0.1) is 0 Å². The van der Waals surface area contributed by atoms with E-state index in [4.69, 9.17) is 10.5 Å². The Morgan fingerprint density at radius 2 is 1.77 bits per heavy atom. The van der Waals surface area contributed by atoms with Crippen molar-refractivity contribution >= 4 is 21.7 Å². The minimum absolute atomic E-state index is 0.237. The van der Waals surface area contributed by atoms with E-state index in [-0.39, 0.29) is 4.90 Å². The molecule has 26 heavy (non-hydrogen) atoms. The van der Waals surface area contributed by atoms with Crippen LogP contribution in [0.5, 0.6) is 5.75 Å². The first-order valence-corrected chi connectivity index (χ1v) is 9.51. The van der Waals surface area contributed by atoms with Crippen LogP contribution in [0.3, 0.4) is 0 Å². The van der Waals surface area contributed by atoms with E-state index in [2.05, 4.69) is 4.98 Å². The highest BCUT2D eigenvalue weighted by Crippen LogP contribution is 2.22. The molecular formula is C17H20N4O4S. The molecule has 2 N–H and O–H groups in total. The summed E-state index contributed by atoms with van der Waals surface area (Å²) in [5.41, 5.74) is 5.67. The summed E-state index contributed by atoms with van der Waals surface area (Å²) in [6, 6.07) is 9.51. The van der Waals surface area contributed by atoms with Gasteiger partial charge in [-0.05, 0) is 36.4 Å². The lowest BCUT2D eigenvalue weighted by Gasteiger charge is -2.34. The van der Waals surface area contributed by atoms with Gasteiger partial charge in [0.15, 0.2) is 0 Å². The molecule has 0 saturated carbocycles. The molecule has 3 rings (SSSR count). The average Bonchev–Trinajstić information content (AvgIpc) is 2.68. The number of nitrogens with two attached hydrogens (primary N) is 1. The number of primary amides is 1. The molecule has 2 aromatic rings. The minimum Gasteiger partial charge on any atom is -0.497 e. The van der Waals surface area contributed by atoms with Gasteiger partial charge in [-0.25, -0.2) is 13.4 Å². The number of rotatable bonds is 5. The average molecular weight is 376 g/mol. The van der Waals surface area contributed by atoms with Gasteiger partial charge in [-0.1, -0.05) is 0 Å². The standard InChI is InChI=1S/C17H20N4O4S/c1-25-14-2-4-15(5-3-14)26(23,24)21-10-8-20(9-11-21)16-12-13(17(18)22)6-7-19-16/h2-7,12H,8-11H2,1H3,(H2,18,22). The molecule has 1 fully saturated rings. The quantitative estimate of drug-likeness (QED) is 0.823. The van der Waals surface area contributed by atoms with Gasteiger partial charge in [0.25, 0.3) is 0 Å². The Hall–Kier alpha value is -2.65.